The number of nitrogens with one attached hydrogen (secondary N) is 1. The van der Waals surface area contributed by atoms with Gasteiger partial charge in [-0.05, 0) is 19.9 Å². The zero-order valence-electron chi connectivity index (χ0n) is 8.90. The third-order valence-electron chi connectivity index (χ3n) is 2.43. The molecule has 1 unspecified atom stereocenters. The third-order valence-corrected chi connectivity index (χ3v) is 2.43. The van der Waals surface area contributed by atoms with Gasteiger partial charge >= 0.3 is 0 Å². The normalized spacial score (nSPS) is 15.4. The summed E-state index contributed by atoms with van der Waals surface area (Å²) < 4.78 is 2.02. The first-order chi connectivity index (χ1) is 6.70. The predicted molar refractivity (Wildman–Crippen MR) is 56.0 cm³/mol. The van der Waals surface area contributed by atoms with Crippen molar-refractivity contribution >= 4 is 0 Å². The highest BCUT2D eigenvalue weighted by Gasteiger charge is 2.21. The maximum absolute atomic E-state index is 9.26. The van der Waals surface area contributed by atoms with Crippen molar-refractivity contribution in [3.8, 4) is 0 Å². The summed E-state index contributed by atoms with van der Waals surface area (Å²) in [5.41, 5.74) is -0.182. The first-order valence-electron chi connectivity index (χ1n) is 5.02. The van der Waals surface area contributed by atoms with Crippen molar-refractivity contribution in [2.24, 2.45) is 0 Å². The van der Waals surface area contributed by atoms with Crippen LogP contribution < -0.4 is 5.32 Å². The Labute approximate surface area is 85.0 Å². The van der Waals surface area contributed by atoms with Crippen molar-refractivity contribution in [2.45, 2.75) is 32.4 Å². The van der Waals surface area contributed by atoms with Crippen LogP contribution in [0.25, 0.3) is 0 Å². The molecule has 0 aliphatic rings. The van der Waals surface area contributed by atoms with Crippen molar-refractivity contribution in [2.75, 3.05) is 13.2 Å². The fraction of sp³-hybridized carbons (Fsp3) is 0.700. The lowest BCUT2D eigenvalue weighted by Crippen LogP contribution is -2.46. The molecule has 1 rings (SSSR count). The van der Waals surface area contributed by atoms with Crippen LogP contribution in [0.2, 0.25) is 0 Å². The van der Waals surface area contributed by atoms with Crippen LogP contribution in [0.3, 0.4) is 0 Å². The lowest BCUT2D eigenvalue weighted by Gasteiger charge is -2.28. The zero-order chi connectivity index (χ0) is 10.4. The molecule has 2 N–H and O–H groups in total. The Morgan fingerprint density at radius 3 is 2.86 bits per heavy atom. The Morgan fingerprint density at radius 1 is 1.57 bits per heavy atom. The minimum atomic E-state index is -0.182. The molecular formula is C10H19N3O. The van der Waals surface area contributed by atoms with Crippen LogP contribution in [0, 0.1) is 0 Å². The van der Waals surface area contributed by atoms with Crippen molar-refractivity contribution in [3.05, 3.63) is 18.7 Å². The summed E-state index contributed by atoms with van der Waals surface area (Å²) in [5, 5.41) is 12.5. The minimum absolute atomic E-state index is 0.162. The second kappa shape index (κ2) is 5.12. The van der Waals surface area contributed by atoms with Gasteiger partial charge in [-0.15, -0.1) is 0 Å². The molecule has 1 atom stereocenters. The molecule has 0 aliphatic carbocycles. The maximum Gasteiger partial charge on any atom is 0.0945 e. The topological polar surface area (TPSA) is 50.1 Å². The van der Waals surface area contributed by atoms with Gasteiger partial charge in [0.05, 0.1) is 12.9 Å². The second-order valence-corrected chi connectivity index (χ2v) is 3.80. The molecule has 0 aromatic carbocycles. The van der Waals surface area contributed by atoms with Crippen LogP contribution in [0.5, 0.6) is 0 Å². The molecule has 14 heavy (non-hydrogen) atoms. The Hall–Kier alpha value is -0.870. The van der Waals surface area contributed by atoms with E-state index in [2.05, 4.69) is 10.3 Å². The largest absolute Gasteiger partial charge is 0.394 e. The van der Waals surface area contributed by atoms with Crippen LogP contribution in [0.1, 0.15) is 20.3 Å². The highest BCUT2D eigenvalue weighted by Crippen LogP contribution is 2.09. The maximum atomic E-state index is 9.26. The predicted octanol–water partition coefficient (Wildman–Crippen LogP) is 0.634. The molecule has 0 bridgehead atoms. The summed E-state index contributed by atoms with van der Waals surface area (Å²) in [7, 11) is 0. The van der Waals surface area contributed by atoms with Gasteiger partial charge in [-0.25, -0.2) is 4.98 Å². The number of imidazole rings is 1. The van der Waals surface area contributed by atoms with E-state index in [-0.39, 0.29) is 12.1 Å². The van der Waals surface area contributed by atoms with Crippen molar-refractivity contribution in [1.82, 2.24) is 14.9 Å². The molecule has 4 heteroatoms. The monoisotopic (exact) mass is 197 g/mol. The molecule has 0 amide bonds. The quantitative estimate of drug-likeness (QED) is 0.703. The molecule has 1 aromatic heterocycles. The number of rotatable bonds is 6. The van der Waals surface area contributed by atoms with Crippen LogP contribution in [0.4, 0.5) is 0 Å². The first kappa shape index (κ1) is 11.2. The highest BCUT2D eigenvalue weighted by molar-refractivity contribution is 4.83. The molecule has 0 spiro atoms. The van der Waals surface area contributed by atoms with Crippen molar-refractivity contribution in [3.63, 3.8) is 0 Å². The van der Waals surface area contributed by atoms with Gasteiger partial charge < -0.3 is 15.0 Å². The Morgan fingerprint density at radius 2 is 2.36 bits per heavy atom. The fourth-order valence-electron chi connectivity index (χ4n) is 1.44. The highest BCUT2D eigenvalue weighted by atomic mass is 16.3. The number of hydrogen-bond acceptors (Lipinski definition) is 3. The Balaban J connectivity index is 2.41. The summed E-state index contributed by atoms with van der Waals surface area (Å²) in [4.78, 5) is 3.97. The molecule has 1 aromatic rings. The van der Waals surface area contributed by atoms with Gasteiger partial charge in [0.2, 0.25) is 0 Å². The number of aromatic nitrogens is 2. The second-order valence-electron chi connectivity index (χ2n) is 3.80. The molecule has 0 aliphatic heterocycles. The van der Waals surface area contributed by atoms with Crippen LogP contribution >= 0.6 is 0 Å². The smallest absolute Gasteiger partial charge is 0.0945 e. The average molecular weight is 197 g/mol. The van der Waals surface area contributed by atoms with E-state index in [9.17, 15) is 5.11 Å². The van der Waals surface area contributed by atoms with E-state index >= 15 is 0 Å². The van der Waals surface area contributed by atoms with E-state index in [4.69, 9.17) is 0 Å². The van der Waals surface area contributed by atoms with Gasteiger partial charge in [-0.1, -0.05) is 6.92 Å². The fourth-order valence-corrected chi connectivity index (χ4v) is 1.44. The number of aliphatic hydroxyl groups is 1. The molecular weight excluding hydrogens is 178 g/mol. The minimum Gasteiger partial charge on any atom is -0.394 e. The van der Waals surface area contributed by atoms with E-state index < -0.39 is 0 Å². The molecule has 0 saturated carbocycles. The van der Waals surface area contributed by atoms with E-state index in [1.165, 1.54) is 0 Å². The van der Waals surface area contributed by atoms with Gasteiger partial charge in [0.1, 0.15) is 0 Å². The SMILES string of the molecule is CCNC(C)(CO)CCn1ccnc1. The first-order valence-corrected chi connectivity index (χ1v) is 5.02. The van der Waals surface area contributed by atoms with E-state index in [1.807, 2.05) is 24.6 Å². The molecule has 1 heterocycles. The van der Waals surface area contributed by atoms with Gasteiger partial charge in [-0.2, -0.15) is 0 Å². The van der Waals surface area contributed by atoms with Crippen LogP contribution in [0.15, 0.2) is 18.7 Å². The standard InChI is InChI=1S/C10H19N3O/c1-3-12-10(2,8-14)4-6-13-7-5-11-9-13/h5,7,9,12,14H,3-4,6,8H2,1-2H3. The van der Waals surface area contributed by atoms with Gasteiger partial charge in [0, 0.05) is 24.5 Å². The van der Waals surface area contributed by atoms with Gasteiger partial charge in [0.15, 0.2) is 0 Å². The molecule has 4 nitrogen and oxygen atoms in total. The molecule has 80 valence electrons. The van der Waals surface area contributed by atoms with Crippen molar-refractivity contribution < 1.29 is 5.11 Å². The van der Waals surface area contributed by atoms with Gasteiger partial charge in [-0.3, -0.25) is 0 Å². The molecule has 0 fully saturated rings. The third kappa shape index (κ3) is 3.12. The van der Waals surface area contributed by atoms with E-state index in [1.54, 1.807) is 12.5 Å². The molecule has 0 radical (unpaired) electrons. The van der Waals surface area contributed by atoms with Crippen LogP contribution in [-0.2, 0) is 6.54 Å². The van der Waals surface area contributed by atoms with E-state index in [0.29, 0.717) is 0 Å². The summed E-state index contributed by atoms with van der Waals surface area (Å²) in [6.07, 6.45) is 6.39. The van der Waals surface area contributed by atoms with Crippen LogP contribution in [-0.4, -0.2) is 33.3 Å². The summed E-state index contributed by atoms with van der Waals surface area (Å²) >= 11 is 0. The number of hydrogen-bond donors (Lipinski definition) is 2. The molecule has 0 saturated heterocycles. The average Bonchev–Trinajstić information content (AvgIpc) is 2.68. The van der Waals surface area contributed by atoms with Crippen molar-refractivity contribution in [1.29, 1.82) is 0 Å². The van der Waals surface area contributed by atoms with E-state index in [0.717, 1.165) is 19.5 Å². The summed E-state index contributed by atoms with van der Waals surface area (Å²) in [6.45, 7) is 6.00. The number of likely N-dealkylation sites (N-methyl/N-ethyl adjacent to an activating group) is 1. The van der Waals surface area contributed by atoms with Gasteiger partial charge in [0.25, 0.3) is 0 Å². The zero-order valence-corrected chi connectivity index (χ0v) is 8.90. The lowest BCUT2D eigenvalue weighted by molar-refractivity contribution is 0.163. The Bertz CT molecular complexity index is 248. The Kier molecular flexibility index (Phi) is 4.10. The summed E-state index contributed by atoms with van der Waals surface area (Å²) in [6, 6.07) is 0. The number of aryl methyl sites for hydroxylation is 1. The number of aliphatic hydroxyl groups excluding tert-OH is 1. The number of nitrogens with zero attached hydrogens (tertiary/aromatic N) is 2. The lowest BCUT2D eigenvalue weighted by atomic mass is 9.99. The summed E-state index contributed by atoms with van der Waals surface area (Å²) in [5.74, 6) is 0.